The Bertz CT molecular complexity index is 703. The molecule has 0 saturated carbocycles. The molecule has 2 N–H and O–H groups in total. The van der Waals surface area contributed by atoms with Crippen molar-refractivity contribution < 1.29 is 9.59 Å². The Morgan fingerprint density at radius 1 is 1.19 bits per heavy atom. The van der Waals surface area contributed by atoms with Gasteiger partial charge in [-0.15, -0.1) is 0 Å². The standard InChI is InChI=1S/C14H13ClN4O2/c1-8-3-4-10(17-9(2)20)5-11(8)19-14(21)12-6-16-7-13(15)18-12/h3-7H,1-2H3,(H,17,20)(H,19,21). The lowest BCUT2D eigenvalue weighted by molar-refractivity contribution is -0.114. The normalized spacial score (nSPS) is 10.0. The Hall–Kier alpha value is -2.47. The summed E-state index contributed by atoms with van der Waals surface area (Å²) in [5, 5.41) is 5.52. The van der Waals surface area contributed by atoms with Crippen molar-refractivity contribution in [3.05, 3.63) is 47.0 Å². The van der Waals surface area contributed by atoms with Crippen LogP contribution in [0.5, 0.6) is 0 Å². The Balaban J connectivity index is 2.22. The first-order valence-corrected chi connectivity index (χ1v) is 6.50. The average molecular weight is 305 g/mol. The van der Waals surface area contributed by atoms with Crippen LogP contribution in [0.2, 0.25) is 5.15 Å². The Morgan fingerprint density at radius 2 is 1.95 bits per heavy atom. The fourth-order valence-electron chi connectivity index (χ4n) is 1.68. The second kappa shape index (κ2) is 6.32. The first kappa shape index (κ1) is 14.9. The highest BCUT2D eigenvalue weighted by molar-refractivity contribution is 6.29. The molecule has 0 aliphatic heterocycles. The van der Waals surface area contributed by atoms with Crippen LogP contribution >= 0.6 is 11.6 Å². The Morgan fingerprint density at radius 3 is 2.62 bits per heavy atom. The van der Waals surface area contributed by atoms with E-state index in [2.05, 4.69) is 20.6 Å². The second-order valence-electron chi connectivity index (χ2n) is 4.39. The molecule has 1 heterocycles. The van der Waals surface area contributed by atoms with Crippen molar-refractivity contribution in [2.24, 2.45) is 0 Å². The lowest BCUT2D eigenvalue weighted by atomic mass is 10.1. The average Bonchev–Trinajstić information content (AvgIpc) is 2.42. The van der Waals surface area contributed by atoms with Crippen molar-refractivity contribution in [2.75, 3.05) is 10.6 Å². The van der Waals surface area contributed by atoms with Crippen molar-refractivity contribution >= 4 is 34.8 Å². The molecule has 108 valence electrons. The molecule has 0 unspecified atom stereocenters. The number of rotatable bonds is 3. The molecule has 2 aromatic rings. The number of hydrogen-bond donors (Lipinski definition) is 2. The van der Waals surface area contributed by atoms with E-state index in [0.717, 1.165) is 5.56 Å². The van der Waals surface area contributed by atoms with E-state index in [1.165, 1.54) is 19.3 Å². The molecule has 1 aromatic heterocycles. The summed E-state index contributed by atoms with van der Waals surface area (Å²) >= 11 is 5.70. The van der Waals surface area contributed by atoms with E-state index in [9.17, 15) is 9.59 Å². The van der Waals surface area contributed by atoms with Gasteiger partial charge in [0.25, 0.3) is 5.91 Å². The number of anilines is 2. The SMILES string of the molecule is CC(=O)Nc1ccc(C)c(NC(=O)c2cncc(Cl)n2)c1. The minimum absolute atomic E-state index is 0.117. The van der Waals surface area contributed by atoms with E-state index >= 15 is 0 Å². The first-order valence-electron chi connectivity index (χ1n) is 6.13. The Kier molecular flexibility index (Phi) is 4.49. The largest absolute Gasteiger partial charge is 0.326 e. The molecule has 0 atom stereocenters. The monoisotopic (exact) mass is 304 g/mol. The van der Waals surface area contributed by atoms with Crippen LogP contribution < -0.4 is 10.6 Å². The maximum absolute atomic E-state index is 12.1. The van der Waals surface area contributed by atoms with Gasteiger partial charge in [-0.1, -0.05) is 17.7 Å². The molecule has 7 heteroatoms. The fraction of sp³-hybridized carbons (Fsp3) is 0.143. The van der Waals surface area contributed by atoms with Crippen LogP contribution in [0.1, 0.15) is 23.0 Å². The summed E-state index contributed by atoms with van der Waals surface area (Å²) in [7, 11) is 0. The summed E-state index contributed by atoms with van der Waals surface area (Å²) in [6.45, 7) is 3.26. The lowest BCUT2D eigenvalue weighted by Crippen LogP contribution is -2.15. The van der Waals surface area contributed by atoms with Crippen LogP contribution in [0.25, 0.3) is 0 Å². The van der Waals surface area contributed by atoms with Crippen molar-refractivity contribution in [1.29, 1.82) is 0 Å². The van der Waals surface area contributed by atoms with Crippen LogP contribution in [-0.4, -0.2) is 21.8 Å². The second-order valence-corrected chi connectivity index (χ2v) is 4.78. The zero-order chi connectivity index (χ0) is 15.4. The molecule has 0 saturated heterocycles. The number of nitrogens with one attached hydrogen (secondary N) is 2. The maximum atomic E-state index is 12.1. The van der Waals surface area contributed by atoms with Crippen molar-refractivity contribution in [1.82, 2.24) is 9.97 Å². The highest BCUT2D eigenvalue weighted by Crippen LogP contribution is 2.21. The zero-order valence-electron chi connectivity index (χ0n) is 11.5. The van der Waals surface area contributed by atoms with Gasteiger partial charge in [0.1, 0.15) is 10.8 Å². The number of aryl methyl sites for hydroxylation is 1. The van der Waals surface area contributed by atoms with Crippen LogP contribution in [0.4, 0.5) is 11.4 Å². The van der Waals surface area contributed by atoms with Gasteiger partial charge in [0.2, 0.25) is 5.91 Å². The number of halogens is 1. The number of hydrogen-bond acceptors (Lipinski definition) is 4. The smallest absolute Gasteiger partial charge is 0.275 e. The third-order valence-corrected chi connectivity index (χ3v) is 2.83. The number of benzene rings is 1. The van der Waals surface area contributed by atoms with Gasteiger partial charge in [-0.05, 0) is 24.6 Å². The van der Waals surface area contributed by atoms with Gasteiger partial charge in [0.15, 0.2) is 0 Å². The number of carbonyl (C=O) groups is 2. The van der Waals surface area contributed by atoms with Gasteiger partial charge in [0.05, 0.1) is 12.4 Å². The molecule has 0 fully saturated rings. The minimum atomic E-state index is -0.423. The van der Waals surface area contributed by atoms with E-state index in [0.29, 0.717) is 11.4 Å². The molecule has 0 bridgehead atoms. The predicted molar refractivity (Wildman–Crippen MR) is 80.5 cm³/mol. The van der Waals surface area contributed by atoms with Crippen LogP contribution in [0.3, 0.4) is 0 Å². The molecule has 0 aliphatic rings. The Labute approximate surface area is 126 Å². The maximum Gasteiger partial charge on any atom is 0.275 e. The van der Waals surface area contributed by atoms with Gasteiger partial charge >= 0.3 is 0 Å². The summed E-state index contributed by atoms with van der Waals surface area (Å²) in [6.07, 6.45) is 2.68. The number of aromatic nitrogens is 2. The highest BCUT2D eigenvalue weighted by atomic mass is 35.5. The molecule has 2 amide bonds. The van der Waals surface area contributed by atoms with Crippen LogP contribution in [0.15, 0.2) is 30.6 Å². The molecular weight excluding hydrogens is 292 g/mol. The molecule has 1 aromatic carbocycles. The van der Waals surface area contributed by atoms with E-state index in [1.807, 2.05) is 6.92 Å². The third-order valence-electron chi connectivity index (χ3n) is 2.64. The molecule has 0 radical (unpaired) electrons. The molecule has 2 rings (SSSR count). The van der Waals surface area contributed by atoms with Gasteiger partial charge in [0, 0.05) is 18.3 Å². The highest BCUT2D eigenvalue weighted by Gasteiger charge is 2.11. The summed E-state index contributed by atoms with van der Waals surface area (Å²) < 4.78 is 0. The summed E-state index contributed by atoms with van der Waals surface area (Å²) in [5.74, 6) is -0.607. The van der Waals surface area contributed by atoms with E-state index in [1.54, 1.807) is 18.2 Å². The molecule has 0 spiro atoms. The van der Waals surface area contributed by atoms with E-state index < -0.39 is 5.91 Å². The van der Waals surface area contributed by atoms with Crippen molar-refractivity contribution in [3.8, 4) is 0 Å². The first-order chi connectivity index (χ1) is 9.95. The summed E-state index contributed by atoms with van der Waals surface area (Å²) in [5.41, 5.74) is 2.15. The summed E-state index contributed by atoms with van der Waals surface area (Å²) in [4.78, 5) is 30.9. The lowest BCUT2D eigenvalue weighted by Gasteiger charge is -2.10. The van der Waals surface area contributed by atoms with Crippen LogP contribution in [-0.2, 0) is 4.79 Å². The quantitative estimate of drug-likeness (QED) is 0.913. The predicted octanol–water partition coefficient (Wildman–Crippen LogP) is 2.65. The molecule has 21 heavy (non-hydrogen) atoms. The number of amides is 2. The molecule has 6 nitrogen and oxygen atoms in total. The van der Waals surface area contributed by atoms with Crippen molar-refractivity contribution in [3.63, 3.8) is 0 Å². The van der Waals surface area contributed by atoms with Gasteiger partial charge < -0.3 is 10.6 Å². The van der Waals surface area contributed by atoms with Gasteiger partial charge in [-0.25, -0.2) is 4.98 Å². The van der Waals surface area contributed by atoms with Gasteiger partial charge in [-0.2, -0.15) is 0 Å². The molecule has 0 aliphatic carbocycles. The number of carbonyl (C=O) groups excluding carboxylic acids is 2. The van der Waals surface area contributed by atoms with E-state index in [-0.39, 0.29) is 16.8 Å². The van der Waals surface area contributed by atoms with E-state index in [4.69, 9.17) is 11.6 Å². The third kappa shape index (κ3) is 4.00. The number of nitrogens with zero attached hydrogens (tertiary/aromatic N) is 2. The topological polar surface area (TPSA) is 84.0 Å². The summed E-state index contributed by atoms with van der Waals surface area (Å²) in [6, 6.07) is 5.22. The van der Waals surface area contributed by atoms with Crippen molar-refractivity contribution in [2.45, 2.75) is 13.8 Å². The van der Waals surface area contributed by atoms with Gasteiger partial charge in [-0.3, -0.25) is 14.6 Å². The fourth-order valence-corrected chi connectivity index (χ4v) is 1.82. The van der Waals surface area contributed by atoms with Crippen LogP contribution in [0, 0.1) is 6.92 Å². The zero-order valence-corrected chi connectivity index (χ0v) is 12.2. The minimum Gasteiger partial charge on any atom is -0.326 e. The molecular formula is C14H13ClN4O2.